The Balaban J connectivity index is 2.14. The lowest BCUT2D eigenvalue weighted by Gasteiger charge is -2.25. The van der Waals surface area contributed by atoms with Gasteiger partial charge in [-0.25, -0.2) is 4.79 Å². The summed E-state index contributed by atoms with van der Waals surface area (Å²) >= 11 is 0. The van der Waals surface area contributed by atoms with Crippen LogP contribution in [-0.4, -0.2) is 28.3 Å². The van der Waals surface area contributed by atoms with Crippen molar-refractivity contribution in [3.63, 3.8) is 0 Å². The van der Waals surface area contributed by atoms with Gasteiger partial charge < -0.3 is 15.2 Å². The van der Waals surface area contributed by atoms with Crippen molar-refractivity contribution in [3.05, 3.63) is 42.1 Å². The molecule has 0 atom stereocenters. The Kier molecular flexibility index (Phi) is 3.26. The highest BCUT2D eigenvalue weighted by Crippen LogP contribution is 2.36. The van der Waals surface area contributed by atoms with Crippen molar-refractivity contribution >= 4 is 17.7 Å². The molecular weight excluding hydrogens is 284 g/mol. The quantitative estimate of drug-likeness (QED) is 0.848. The van der Waals surface area contributed by atoms with Gasteiger partial charge in [-0.2, -0.15) is 0 Å². The SMILES string of the molecule is CC1(C)OCC(=O)Nc2ccc(-c3cccn3C(=O)O)cc21. The summed E-state index contributed by atoms with van der Waals surface area (Å²) in [6, 6.07) is 8.83. The molecular formula is C16H16N2O4. The molecule has 6 heteroatoms. The van der Waals surface area contributed by atoms with Crippen molar-refractivity contribution in [2.75, 3.05) is 11.9 Å². The van der Waals surface area contributed by atoms with Crippen LogP contribution in [-0.2, 0) is 15.1 Å². The van der Waals surface area contributed by atoms with Gasteiger partial charge in [0.1, 0.15) is 6.61 Å². The number of carbonyl (C=O) groups is 2. The Morgan fingerprint density at radius 3 is 2.86 bits per heavy atom. The normalized spacial score (nSPS) is 16.5. The van der Waals surface area contributed by atoms with E-state index in [0.717, 1.165) is 15.7 Å². The van der Waals surface area contributed by atoms with E-state index in [0.29, 0.717) is 11.4 Å². The van der Waals surface area contributed by atoms with Crippen molar-refractivity contribution < 1.29 is 19.4 Å². The average molecular weight is 300 g/mol. The van der Waals surface area contributed by atoms with Crippen LogP contribution in [0.4, 0.5) is 10.5 Å². The first-order valence-electron chi connectivity index (χ1n) is 6.88. The molecule has 22 heavy (non-hydrogen) atoms. The van der Waals surface area contributed by atoms with Crippen LogP contribution in [0.2, 0.25) is 0 Å². The van der Waals surface area contributed by atoms with E-state index < -0.39 is 11.7 Å². The monoisotopic (exact) mass is 300 g/mol. The predicted octanol–water partition coefficient (Wildman–Crippen LogP) is 2.89. The highest BCUT2D eigenvalue weighted by atomic mass is 16.5. The van der Waals surface area contributed by atoms with E-state index in [1.54, 1.807) is 24.3 Å². The van der Waals surface area contributed by atoms with Crippen molar-refractivity contribution in [1.82, 2.24) is 4.57 Å². The van der Waals surface area contributed by atoms with Gasteiger partial charge in [-0.3, -0.25) is 9.36 Å². The highest BCUT2D eigenvalue weighted by molar-refractivity contribution is 5.94. The number of rotatable bonds is 1. The molecule has 0 saturated carbocycles. The van der Waals surface area contributed by atoms with E-state index in [1.165, 1.54) is 6.20 Å². The van der Waals surface area contributed by atoms with Crippen LogP contribution < -0.4 is 5.32 Å². The molecule has 2 N–H and O–H groups in total. The summed E-state index contributed by atoms with van der Waals surface area (Å²) in [6.07, 6.45) is 0.450. The number of benzene rings is 1. The number of aromatic nitrogens is 1. The molecule has 1 aromatic heterocycles. The third kappa shape index (κ3) is 2.37. The second kappa shape index (κ2) is 4.99. The first-order valence-corrected chi connectivity index (χ1v) is 6.88. The molecule has 1 aliphatic rings. The largest absolute Gasteiger partial charge is 0.464 e. The number of carbonyl (C=O) groups excluding carboxylic acids is 1. The lowest BCUT2D eigenvalue weighted by molar-refractivity contribution is -0.125. The molecule has 114 valence electrons. The lowest BCUT2D eigenvalue weighted by atomic mass is 9.93. The smallest absolute Gasteiger partial charge is 0.415 e. The van der Waals surface area contributed by atoms with Crippen LogP contribution in [0.3, 0.4) is 0 Å². The van der Waals surface area contributed by atoms with E-state index in [-0.39, 0.29) is 12.5 Å². The third-order valence-corrected chi connectivity index (χ3v) is 3.76. The zero-order chi connectivity index (χ0) is 15.9. The average Bonchev–Trinajstić information content (AvgIpc) is 2.91. The molecule has 1 aliphatic heterocycles. The van der Waals surface area contributed by atoms with Crippen LogP contribution >= 0.6 is 0 Å². The summed E-state index contributed by atoms with van der Waals surface area (Å²) < 4.78 is 6.80. The van der Waals surface area contributed by atoms with Crippen LogP contribution in [0.25, 0.3) is 11.3 Å². The minimum atomic E-state index is -1.04. The highest BCUT2D eigenvalue weighted by Gasteiger charge is 2.30. The van der Waals surface area contributed by atoms with Gasteiger partial charge in [0.2, 0.25) is 5.91 Å². The molecule has 1 aromatic carbocycles. The Bertz CT molecular complexity index is 761. The van der Waals surface area contributed by atoms with Gasteiger partial charge >= 0.3 is 6.09 Å². The molecule has 3 rings (SSSR count). The molecule has 1 amide bonds. The molecule has 0 radical (unpaired) electrons. The van der Waals surface area contributed by atoms with Gasteiger partial charge in [-0.05, 0) is 43.7 Å². The third-order valence-electron chi connectivity index (χ3n) is 3.76. The lowest BCUT2D eigenvalue weighted by Crippen LogP contribution is -2.22. The van der Waals surface area contributed by atoms with Gasteiger partial charge in [0.05, 0.1) is 11.3 Å². The van der Waals surface area contributed by atoms with Crippen molar-refractivity contribution in [3.8, 4) is 11.3 Å². The fraction of sp³-hybridized carbons (Fsp3) is 0.250. The summed E-state index contributed by atoms with van der Waals surface area (Å²) in [5.41, 5.74) is 2.17. The number of amides is 1. The minimum absolute atomic E-state index is 0.0114. The molecule has 6 nitrogen and oxygen atoms in total. The fourth-order valence-electron chi connectivity index (χ4n) is 2.60. The van der Waals surface area contributed by atoms with Gasteiger partial charge in [-0.15, -0.1) is 0 Å². The predicted molar refractivity (Wildman–Crippen MR) is 80.9 cm³/mol. The van der Waals surface area contributed by atoms with Gasteiger partial charge in [0.25, 0.3) is 0 Å². The van der Waals surface area contributed by atoms with E-state index in [9.17, 15) is 14.7 Å². The Hall–Kier alpha value is -2.60. The van der Waals surface area contributed by atoms with Crippen molar-refractivity contribution in [2.24, 2.45) is 0 Å². The molecule has 0 spiro atoms. The van der Waals surface area contributed by atoms with Crippen LogP contribution in [0, 0.1) is 0 Å². The van der Waals surface area contributed by atoms with Gasteiger partial charge in [0, 0.05) is 17.4 Å². The number of nitrogens with one attached hydrogen (secondary N) is 1. The van der Waals surface area contributed by atoms with Crippen molar-refractivity contribution in [2.45, 2.75) is 19.4 Å². The van der Waals surface area contributed by atoms with E-state index >= 15 is 0 Å². The van der Waals surface area contributed by atoms with E-state index in [4.69, 9.17) is 4.74 Å². The number of fused-ring (bicyclic) bond motifs is 1. The maximum atomic E-state index is 11.7. The van der Waals surface area contributed by atoms with Crippen LogP contribution in [0.5, 0.6) is 0 Å². The number of carboxylic acid groups (broad SMARTS) is 1. The topological polar surface area (TPSA) is 80.6 Å². The number of hydrogen-bond donors (Lipinski definition) is 2. The second-order valence-electron chi connectivity index (χ2n) is 5.65. The second-order valence-corrected chi connectivity index (χ2v) is 5.65. The van der Waals surface area contributed by atoms with Crippen LogP contribution in [0.1, 0.15) is 19.4 Å². The summed E-state index contributed by atoms with van der Waals surface area (Å²) in [5, 5.41) is 12.0. The molecule has 0 unspecified atom stereocenters. The summed E-state index contributed by atoms with van der Waals surface area (Å²) in [4.78, 5) is 22.9. The Morgan fingerprint density at radius 1 is 1.36 bits per heavy atom. The number of ether oxygens (including phenoxy) is 1. The molecule has 0 saturated heterocycles. The summed E-state index contributed by atoms with van der Waals surface area (Å²) in [5.74, 6) is -0.200. The first-order chi connectivity index (χ1) is 10.4. The van der Waals surface area contributed by atoms with Crippen molar-refractivity contribution in [1.29, 1.82) is 0 Å². The zero-order valence-corrected chi connectivity index (χ0v) is 12.3. The van der Waals surface area contributed by atoms with Gasteiger partial charge in [-0.1, -0.05) is 6.07 Å². The Morgan fingerprint density at radius 2 is 2.14 bits per heavy atom. The van der Waals surface area contributed by atoms with E-state index in [2.05, 4.69) is 5.32 Å². The molecule has 2 aromatic rings. The molecule has 0 bridgehead atoms. The maximum Gasteiger partial charge on any atom is 0.415 e. The van der Waals surface area contributed by atoms with E-state index in [1.807, 2.05) is 19.9 Å². The summed E-state index contributed by atoms with van der Waals surface area (Å²) in [6.45, 7) is 3.75. The standard InChI is InChI=1S/C16H16N2O4/c1-16(2)11-8-10(13-4-3-7-18(13)15(20)21)5-6-12(11)17-14(19)9-22-16/h3-8H,9H2,1-2H3,(H,17,19)(H,20,21). The fourth-order valence-corrected chi connectivity index (χ4v) is 2.60. The Labute approximate surface area is 127 Å². The first kappa shape index (κ1) is 14.3. The number of nitrogens with zero attached hydrogens (tertiary/aromatic N) is 1. The van der Waals surface area contributed by atoms with Gasteiger partial charge in [0.15, 0.2) is 0 Å². The molecule has 2 heterocycles. The number of hydrogen-bond acceptors (Lipinski definition) is 3. The maximum absolute atomic E-state index is 11.7. The summed E-state index contributed by atoms with van der Waals surface area (Å²) in [7, 11) is 0. The zero-order valence-electron chi connectivity index (χ0n) is 12.3. The molecule has 0 aliphatic carbocycles. The molecule has 0 fully saturated rings. The number of anilines is 1. The minimum Gasteiger partial charge on any atom is -0.464 e. The van der Waals surface area contributed by atoms with Crippen LogP contribution in [0.15, 0.2) is 36.5 Å².